The van der Waals surface area contributed by atoms with Gasteiger partial charge in [-0.25, -0.2) is 0 Å². The van der Waals surface area contributed by atoms with Crippen molar-refractivity contribution in [2.75, 3.05) is 6.61 Å². The molecule has 0 radical (unpaired) electrons. The fourth-order valence-corrected chi connectivity index (χ4v) is 1.37. The highest BCUT2D eigenvalue weighted by molar-refractivity contribution is 5.73. The van der Waals surface area contributed by atoms with Gasteiger partial charge in [-0.05, 0) is 19.3 Å². The van der Waals surface area contributed by atoms with E-state index in [1.807, 2.05) is 0 Å². The van der Waals surface area contributed by atoms with Crippen molar-refractivity contribution in [1.82, 2.24) is 0 Å². The van der Waals surface area contributed by atoms with Crippen LogP contribution in [-0.4, -0.2) is 24.8 Å². The topological polar surface area (TPSA) is 52.3 Å². The minimum Gasteiger partial charge on any atom is -0.466 e. The molecule has 0 saturated carbocycles. The summed E-state index contributed by atoms with van der Waals surface area (Å²) in [5, 5.41) is 0. The van der Waals surface area contributed by atoms with Crippen LogP contribution in [0.1, 0.15) is 27.2 Å². The monoisotopic (exact) mass is 241 g/mol. The van der Waals surface area contributed by atoms with Crippen LogP contribution in [0.5, 0.6) is 0 Å². The summed E-state index contributed by atoms with van der Waals surface area (Å²) in [5.74, 6) is -2.25. The van der Waals surface area contributed by atoms with Crippen LogP contribution in [0.2, 0.25) is 0 Å². The summed E-state index contributed by atoms with van der Waals surface area (Å²) in [6, 6.07) is -2.16. The molecule has 0 aromatic heterocycles. The van der Waals surface area contributed by atoms with E-state index in [-0.39, 0.29) is 18.9 Å². The third-order valence-electron chi connectivity index (χ3n) is 2.13. The van der Waals surface area contributed by atoms with E-state index in [0.717, 1.165) is 0 Å². The molecule has 0 aromatic rings. The molecule has 0 heterocycles. The van der Waals surface area contributed by atoms with Gasteiger partial charge in [-0.2, -0.15) is 13.2 Å². The second-order valence-corrected chi connectivity index (χ2v) is 4.06. The molecule has 0 rings (SSSR count). The van der Waals surface area contributed by atoms with E-state index in [1.54, 1.807) is 20.8 Å². The highest BCUT2D eigenvalue weighted by Crippen LogP contribution is 2.28. The summed E-state index contributed by atoms with van der Waals surface area (Å²) in [4.78, 5) is 11.4. The normalized spacial score (nSPS) is 16.0. The number of hydrogen-bond acceptors (Lipinski definition) is 3. The number of alkyl halides is 3. The van der Waals surface area contributed by atoms with Crippen molar-refractivity contribution in [3.05, 3.63) is 0 Å². The Bertz CT molecular complexity index is 229. The zero-order valence-electron chi connectivity index (χ0n) is 9.67. The highest BCUT2D eigenvalue weighted by atomic mass is 19.4. The van der Waals surface area contributed by atoms with Crippen molar-refractivity contribution < 1.29 is 22.7 Å². The van der Waals surface area contributed by atoms with Gasteiger partial charge in [-0.1, -0.05) is 13.8 Å². The van der Waals surface area contributed by atoms with E-state index in [4.69, 9.17) is 5.73 Å². The number of halogens is 3. The Balaban J connectivity index is 4.72. The zero-order chi connectivity index (χ0) is 12.9. The van der Waals surface area contributed by atoms with Crippen molar-refractivity contribution in [2.24, 2.45) is 17.6 Å². The summed E-state index contributed by atoms with van der Waals surface area (Å²) in [6.07, 6.45) is -4.51. The number of rotatable bonds is 5. The Labute approximate surface area is 93.1 Å². The summed E-state index contributed by atoms with van der Waals surface area (Å²) < 4.78 is 41.9. The third-order valence-corrected chi connectivity index (χ3v) is 2.13. The van der Waals surface area contributed by atoms with Crippen LogP contribution in [0.4, 0.5) is 13.2 Å². The molecule has 0 unspecified atom stereocenters. The molecule has 3 nitrogen and oxygen atoms in total. The van der Waals surface area contributed by atoms with Gasteiger partial charge in [0.2, 0.25) is 0 Å². The first-order valence-corrected chi connectivity index (χ1v) is 5.19. The SMILES string of the molecule is CCOC(=O)[C@H](CC(C)C)[C@@H](N)C(F)(F)F. The standard InChI is InChI=1S/C10H18F3NO2/c1-4-16-9(15)7(5-6(2)3)8(14)10(11,12)13/h6-8H,4-5,14H2,1-3H3/t7-,8-/m1/s1. The molecule has 2 atom stereocenters. The van der Waals surface area contributed by atoms with Gasteiger partial charge >= 0.3 is 12.1 Å². The highest BCUT2D eigenvalue weighted by Gasteiger charge is 2.45. The van der Waals surface area contributed by atoms with Gasteiger partial charge in [0.1, 0.15) is 6.04 Å². The quantitative estimate of drug-likeness (QED) is 0.750. The number of hydrogen-bond donors (Lipinski definition) is 1. The van der Waals surface area contributed by atoms with Crippen LogP contribution in [0.15, 0.2) is 0 Å². The van der Waals surface area contributed by atoms with Crippen molar-refractivity contribution in [3.63, 3.8) is 0 Å². The van der Waals surface area contributed by atoms with E-state index in [9.17, 15) is 18.0 Å². The van der Waals surface area contributed by atoms with Crippen LogP contribution in [0.25, 0.3) is 0 Å². The predicted octanol–water partition coefficient (Wildman–Crippen LogP) is 2.10. The fraction of sp³-hybridized carbons (Fsp3) is 0.900. The largest absolute Gasteiger partial charge is 0.466 e. The van der Waals surface area contributed by atoms with Crippen LogP contribution in [-0.2, 0) is 9.53 Å². The van der Waals surface area contributed by atoms with Gasteiger partial charge in [0.05, 0.1) is 12.5 Å². The first-order valence-electron chi connectivity index (χ1n) is 5.19. The molecular formula is C10H18F3NO2. The fourth-order valence-electron chi connectivity index (χ4n) is 1.37. The van der Waals surface area contributed by atoms with Crippen LogP contribution < -0.4 is 5.73 Å². The molecule has 0 aromatic carbocycles. The summed E-state index contributed by atoms with van der Waals surface area (Å²) in [5.41, 5.74) is 5.05. The molecule has 0 aliphatic carbocycles. The smallest absolute Gasteiger partial charge is 0.404 e. The Kier molecular flexibility index (Phi) is 5.78. The van der Waals surface area contributed by atoms with Gasteiger partial charge in [-0.3, -0.25) is 4.79 Å². The molecule has 0 aliphatic rings. The number of ether oxygens (including phenoxy) is 1. The van der Waals surface area contributed by atoms with Crippen molar-refractivity contribution in [1.29, 1.82) is 0 Å². The van der Waals surface area contributed by atoms with Gasteiger partial charge in [-0.15, -0.1) is 0 Å². The maximum absolute atomic E-state index is 12.4. The van der Waals surface area contributed by atoms with Crippen LogP contribution in [0.3, 0.4) is 0 Å². The Morgan fingerprint density at radius 1 is 1.38 bits per heavy atom. The third kappa shape index (κ3) is 4.83. The molecule has 0 saturated heterocycles. The Morgan fingerprint density at radius 2 is 1.88 bits per heavy atom. The molecule has 16 heavy (non-hydrogen) atoms. The maximum atomic E-state index is 12.4. The van der Waals surface area contributed by atoms with Crippen molar-refractivity contribution >= 4 is 5.97 Å². The molecule has 96 valence electrons. The zero-order valence-corrected chi connectivity index (χ0v) is 9.67. The van der Waals surface area contributed by atoms with E-state index in [1.165, 1.54) is 0 Å². The first kappa shape index (κ1) is 15.2. The molecular weight excluding hydrogens is 223 g/mol. The lowest BCUT2D eigenvalue weighted by atomic mass is 9.90. The van der Waals surface area contributed by atoms with Gasteiger partial charge < -0.3 is 10.5 Å². The van der Waals surface area contributed by atoms with Crippen LogP contribution in [0, 0.1) is 11.8 Å². The summed E-state index contributed by atoms with van der Waals surface area (Å²) >= 11 is 0. The minimum absolute atomic E-state index is 0.0530. The molecule has 2 N–H and O–H groups in total. The molecule has 0 spiro atoms. The second kappa shape index (κ2) is 6.08. The van der Waals surface area contributed by atoms with Gasteiger partial charge in [0.15, 0.2) is 0 Å². The number of carbonyl (C=O) groups excluding carboxylic acids is 1. The van der Waals surface area contributed by atoms with E-state index in [0.29, 0.717) is 0 Å². The van der Waals surface area contributed by atoms with E-state index < -0.39 is 24.1 Å². The van der Waals surface area contributed by atoms with Crippen molar-refractivity contribution in [2.45, 2.75) is 39.4 Å². The van der Waals surface area contributed by atoms with E-state index in [2.05, 4.69) is 4.74 Å². The predicted molar refractivity (Wildman–Crippen MR) is 53.6 cm³/mol. The lowest BCUT2D eigenvalue weighted by molar-refractivity contribution is -0.177. The number of esters is 1. The molecule has 0 amide bonds. The van der Waals surface area contributed by atoms with Gasteiger partial charge in [0, 0.05) is 0 Å². The molecule has 0 aliphatic heterocycles. The van der Waals surface area contributed by atoms with E-state index >= 15 is 0 Å². The Hall–Kier alpha value is -0.780. The molecule has 0 bridgehead atoms. The number of nitrogens with two attached hydrogens (primary N) is 1. The average molecular weight is 241 g/mol. The summed E-state index contributed by atoms with van der Waals surface area (Å²) in [7, 11) is 0. The second-order valence-electron chi connectivity index (χ2n) is 4.06. The van der Waals surface area contributed by atoms with Crippen LogP contribution >= 0.6 is 0 Å². The molecule has 0 fully saturated rings. The minimum atomic E-state index is -4.58. The maximum Gasteiger partial charge on any atom is 0.404 e. The first-order chi connectivity index (χ1) is 7.20. The lowest BCUT2D eigenvalue weighted by Gasteiger charge is -2.25. The lowest BCUT2D eigenvalue weighted by Crippen LogP contribution is -2.47. The summed E-state index contributed by atoms with van der Waals surface area (Å²) in [6.45, 7) is 5.06. The Morgan fingerprint density at radius 3 is 2.19 bits per heavy atom. The van der Waals surface area contributed by atoms with Crippen molar-refractivity contribution in [3.8, 4) is 0 Å². The molecule has 6 heteroatoms. The van der Waals surface area contributed by atoms with Gasteiger partial charge in [0.25, 0.3) is 0 Å². The number of carbonyl (C=O) groups is 1. The average Bonchev–Trinajstić information content (AvgIpc) is 2.11.